The molecular formula is C19H26O6. The van der Waals surface area contributed by atoms with Gasteiger partial charge in [0.05, 0.1) is 24.4 Å². The molecular weight excluding hydrogens is 324 g/mol. The molecule has 1 aliphatic carbocycles. The van der Waals surface area contributed by atoms with E-state index in [1.54, 1.807) is 6.08 Å². The van der Waals surface area contributed by atoms with Crippen LogP contribution in [0.5, 0.6) is 5.75 Å². The summed E-state index contributed by atoms with van der Waals surface area (Å²) in [6.07, 6.45) is -0.236. The van der Waals surface area contributed by atoms with Gasteiger partial charge in [0.1, 0.15) is 11.4 Å². The number of carbonyl (C=O) groups is 1. The third kappa shape index (κ3) is 5.21. The highest BCUT2D eigenvalue weighted by Crippen LogP contribution is 2.39. The van der Waals surface area contributed by atoms with E-state index < -0.39 is 35.6 Å². The molecule has 0 amide bonds. The first-order chi connectivity index (χ1) is 11.7. The van der Waals surface area contributed by atoms with Crippen LogP contribution in [0.3, 0.4) is 0 Å². The molecule has 4 N–H and O–H groups in total. The molecule has 0 aromatic heterocycles. The number of carboxylic acid groups (broad SMARTS) is 1. The van der Waals surface area contributed by atoms with E-state index in [-0.39, 0.29) is 18.6 Å². The molecule has 1 aromatic carbocycles. The lowest BCUT2D eigenvalue weighted by atomic mass is 9.88. The van der Waals surface area contributed by atoms with Gasteiger partial charge in [-0.25, -0.2) is 0 Å². The molecule has 25 heavy (non-hydrogen) atoms. The maximum Gasteiger partial charge on any atom is 0.303 e. The van der Waals surface area contributed by atoms with E-state index in [1.165, 1.54) is 0 Å². The Bertz CT molecular complexity index is 610. The molecule has 0 bridgehead atoms. The highest BCUT2D eigenvalue weighted by molar-refractivity contribution is 5.67. The highest BCUT2D eigenvalue weighted by atomic mass is 16.5. The third-order valence-electron chi connectivity index (χ3n) is 4.54. The summed E-state index contributed by atoms with van der Waals surface area (Å²) in [7, 11) is 0. The van der Waals surface area contributed by atoms with Crippen LogP contribution < -0.4 is 4.74 Å². The molecule has 138 valence electrons. The van der Waals surface area contributed by atoms with Gasteiger partial charge in [0.2, 0.25) is 0 Å². The Hall–Kier alpha value is -2.05. The van der Waals surface area contributed by atoms with Crippen molar-refractivity contribution in [1.82, 2.24) is 0 Å². The van der Waals surface area contributed by atoms with Crippen LogP contribution in [0.15, 0.2) is 42.2 Å². The molecule has 1 saturated carbocycles. The van der Waals surface area contributed by atoms with Crippen molar-refractivity contribution in [2.45, 2.75) is 50.9 Å². The zero-order valence-electron chi connectivity index (χ0n) is 14.5. The normalized spacial score (nSPS) is 27.3. The fraction of sp³-hybridized carbons (Fsp3) is 0.526. The average Bonchev–Trinajstić information content (AvgIpc) is 2.79. The fourth-order valence-corrected chi connectivity index (χ4v) is 3.31. The number of hydrogen-bond donors (Lipinski definition) is 4. The summed E-state index contributed by atoms with van der Waals surface area (Å²) in [6, 6.07) is 9.30. The van der Waals surface area contributed by atoms with Crippen LogP contribution in [0.25, 0.3) is 0 Å². The minimum absolute atomic E-state index is 0.0599. The van der Waals surface area contributed by atoms with Gasteiger partial charge in [-0.1, -0.05) is 18.2 Å². The van der Waals surface area contributed by atoms with Crippen molar-refractivity contribution in [3.63, 3.8) is 0 Å². The SMILES string of the molecule is CC(C)(CC=C(O)[C@@H]1[C@@H](CC(=O)O)[C@@H](O)C[C@H]1O)Oc1ccccc1. The first kappa shape index (κ1) is 19.3. The largest absolute Gasteiger partial charge is 0.512 e. The van der Waals surface area contributed by atoms with Gasteiger partial charge in [-0.3, -0.25) is 4.79 Å². The van der Waals surface area contributed by atoms with Crippen LogP contribution in [0.4, 0.5) is 0 Å². The van der Waals surface area contributed by atoms with Crippen molar-refractivity contribution in [2.75, 3.05) is 0 Å². The maximum atomic E-state index is 11.0. The first-order valence-electron chi connectivity index (χ1n) is 8.40. The van der Waals surface area contributed by atoms with Crippen LogP contribution in [0.2, 0.25) is 0 Å². The van der Waals surface area contributed by atoms with Gasteiger partial charge in [0, 0.05) is 24.7 Å². The van der Waals surface area contributed by atoms with E-state index in [9.17, 15) is 20.1 Å². The lowest BCUT2D eigenvalue weighted by molar-refractivity contribution is -0.139. The molecule has 6 heteroatoms. The van der Waals surface area contributed by atoms with Crippen LogP contribution in [0.1, 0.15) is 33.1 Å². The fourth-order valence-electron chi connectivity index (χ4n) is 3.31. The summed E-state index contributed by atoms with van der Waals surface area (Å²) < 4.78 is 5.89. The lowest BCUT2D eigenvalue weighted by Gasteiger charge is -2.26. The summed E-state index contributed by atoms with van der Waals surface area (Å²) in [6.45, 7) is 3.75. The standard InChI is InChI=1S/C19H26O6/c1-19(2,25-12-6-4-3-5-7-12)9-8-14(20)18-13(10-17(23)24)15(21)11-16(18)22/h3-8,13,15-16,18,20-22H,9-11H2,1-2H3,(H,23,24)/t13-,15-,16+,18-/m0/s1. The molecule has 1 aliphatic rings. The molecule has 0 saturated heterocycles. The number of carboxylic acids is 1. The zero-order valence-corrected chi connectivity index (χ0v) is 14.5. The molecule has 1 aromatic rings. The number of aliphatic hydroxyl groups excluding tert-OH is 3. The van der Waals surface area contributed by atoms with Gasteiger partial charge in [-0.05, 0) is 32.1 Å². The van der Waals surface area contributed by atoms with Crippen molar-refractivity contribution >= 4 is 5.97 Å². The summed E-state index contributed by atoms with van der Waals surface area (Å²) in [5.41, 5.74) is -0.597. The molecule has 0 aliphatic heterocycles. The Balaban J connectivity index is 2.07. The van der Waals surface area contributed by atoms with Gasteiger partial charge >= 0.3 is 5.97 Å². The Morgan fingerprint density at radius 1 is 1.20 bits per heavy atom. The van der Waals surface area contributed by atoms with Crippen molar-refractivity contribution in [3.8, 4) is 5.75 Å². The Morgan fingerprint density at radius 2 is 1.84 bits per heavy atom. The van der Waals surface area contributed by atoms with E-state index in [2.05, 4.69) is 0 Å². The van der Waals surface area contributed by atoms with Crippen LogP contribution in [-0.4, -0.2) is 44.2 Å². The quantitative estimate of drug-likeness (QED) is 0.563. The predicted molar refractivity (Wildman–Crippen MR) is 92.3 cm³/mol. The number of aliphatic carboxylic acids is 1. The molecule has 6 nitrogen and oxygen atoms in total. The average molecular weight is 350 g/mol. The molecule has 0 unspecified atom stereocenters. The Labute approximate surface area is 147 Å². The van der Waals surface area contributed by atoms with Crippen LogP contribution >= 0.6 is 0 Å². The molecule has 1 fully saturated rings. The second-order valence-corrected chi connectivity index (χ2v) is 7.17. The molecule has 0 spiro atoms. The van der Waals surface area contributed by atoms with E-state index in [1.807, 2.05) is 44.2 Å². The second-order valence-electron chi connectivity index (χ2n) is 7.17. The van der Waals surface area contributed by atoms with Gasteiger partial charge in [-0.2, -0.15) is 0 Å². The third-order valence-corrected chi connectivity index (χ3v) is 4.54. The highest BCUT2D eigenvalue weighted by Gasteiger charge is 2.44. The van der Waals surface area contributed by atoms with E-state index in [0.29, 0.717) is 12.2 Å². The number of ether oxygens (including phenoxy) is 1. The summed E-state index contributed by atoms with van der Waals surface area (Å²) in [4.78, 5) is 11.0. The summed E-state index contributed by atoms with van der Waals surface area (Å²) >= 11 is 0. The minimum atomic E-state index is -1.07. The zero-order chi connectivity index (χ0) is 18.6. The van der Waals surface area contributed by atoms with Gasteiger partial charge in [-0.15, -0.1) is 0 Å². The first-order valence-corrected chi connectivity index (χ1v) is 8.40. The number of aliphatic hydroxyl groups is 3. The smallest absolute Gasteiger partial charge is 0.303 e. The maximum absolute atomic E-state index is 11.0. The number of benzene rings is 1. The van der Waals surface area contributed by atoms with Crippen molar-refractivity contribution in [2.24, 2.45) is 11.8 Å². The van der Waals surface area contributed by atoms with Crippen molar-refractivity contribution < 1.29 is 30.0 Å². The number of hydrogen-bond acceptors (Lipinski definition) is 5. The topological polar surface area (TPSA) is 107 Å². The summed E-state index contributed by atoms with van der Waals surface area (Å²) in [5.74, 6) is -1.94. The van der Waals surface area contributed by atoms with Gasteiger partial charge in [0.15, 0.2) is 0 Å². The van der Waals surface area contributed by atoms with Crippen molar-refractivity contribution in [3.05, 3.63) is 42.2 Å². The van der Waals surface area contributed by atoms with Crippen molar-refractivity contribution in [1.29, 1.82) is 0 Å². The van der Waals surface area contributed by atoms with Crippen LogP contribution in [-0.2, 0) is 4.79 Å². The Morgan fingerprint density at radius 3 is 2.44 bits per heavy atom. The minimum Gasteiger partial charge on any atom is -0.512 e. The van der Waals surface area contributed by atoms with E-state index in [0.717, 1.165) is 0 Å². The van der Waals surface area contributed by atoms with E-state index in [4.69, 9.17) is 9.84 Å². The van der Waals surface area contributed by atoms with E-state index >= 15 is 0 Å². The van der Waals surface area contributed by atoms with Gasteiger partial charge in [0.25, 0.3) is 0 Å². The molecule has 2 rings (SSSR count). The van der Waals surface area contributed by atoms with Gasteiger partial charge < -0.3 is 25.2 Å². The second kappa shape index (κ2) is 7.89. The molecule has 4 atom stereocenters. The number of para-hydroxylation sites is 1. The monoisotopic (exact) mass is 350 g/mol. The summed E-state index contributed by atoms with van der Waals surface area (Å²) in [5, 5.41) is 39.4. The predicted octanol–water partition coefficient (Wildman–Crippen LogP) is 2.51. The molecule has 0 radical (unpaired) electrons. The van der Waals surface area contributed by atoms with Crippen LogP contribution in [0, 0.1) is 11.8 Å². The lowest BCUT2D eigenvalue weighted by Crippen LogP contribution is -2.29. The molecule has 0 heterocycles. The Kier molecular flexibility index (Phi) is 6.08. The number of rotatable bonds is 7.